The maximum atomic E-state index is 12.7. The van der Waals surface area contributed by atoms with E-state index in [1.165, 1.54) is 46.4 Å². The molecule has 174 valence electrons. The molecule has 0 unspecified atom stereocenters. The third-order valence-electron chi connectivity index (χ3n) is 5.22. The molecule has 2 aromatic heterocycles. The Hall–Kier alpha value is -2.89. The first-order valence-electron chi connectivity index (χ1n) is 10.4. The number of sulfonamides is 1. The summed E-state index contributed by atoms with van der Waals surface area (Å²) < 4.78 is 39.4. The van der Waals surface area contributed by atoms with Crippen LogP contribution in [0.15, 0.2) is 68.3 Å². The highest BCUT2D eigenvalue weighted by Gasteiger charge is 2.26. The second kappa shape index (κ2) is 9.94. The Labute approximate surface area is 195 Å². The van der Waals surface area contributed by atoms with Gasteiger partial charge in [-0.25, -0.2) is 18.2 Å². The first-order chi connectivity index (χ1) is 15.8. The summed E-state index contributed by atoms with van der Waals surface area (Å²) in [7, 11) is -1.73. The Kier molecular flexibility index (Phi) is 7.01. The van der Waals surface area contributed by atoms with E-state index in [-0.39, 0.29) is 16.2 Å². The van der Waals surface area contributed by atoms with E-state index in [1.807, 2.05) is 17.8 Å². The van der Waals surface area contributed by atoms with Gasteiger partial charge in [0.15, 0.2) is 5.16 Å². The molecule has 3 aromatic rings. The highest BCUT2D eigenvalue weighted by molar-refractivity contribution is 7.98. The summed E-state index contributed by atoms with van der Waals surface area (Å²) in [5.41, 5.74) is -0.365. The fraction of sp³-hybridized carbons (Fsp3) is 0.318. The first kappa shape index (κ1) is 23.3. The number of aromatic nitrogens is 2. The Balaban J connectivity index is 1.40. The van der Waals surface area contributed by atoms with Crippen LogP contribution in [-0.2, 0) is 22.8 Å². The van der Waals surface area contributed by atoms with Crippen LogP contribution in [0.1, 0.15) is 35.4 Å². The van der Waals surface area contributed by atoms with E-state index in [2.05, 4.69) is 4.98 Å². The fourth-order valence-electron chi connectivity index (χ4n) is 3.39. The van der Waals surface area contributed by atoms with Crippen molar-refractivity contribution in [2.45, 2.75) is 35.1 Å². The van der Waals surface area contributed by atoms with Crippen LogP contribution >= 0.6 is 11.8 Å². The number of ether oxygens (including phenoxy) is 1. The Morgan fingerprint density at radius 1 is 1.18 bits per heavy atom. The quantitative estimate of drug-likeness (QED) is 0.368. The molecule has 1 fully saturated rings. The van der Waals surface area contributed by atoms with Gasteiger partial charge in [-0.15, -0.1) is 0 Å². The minimum absolute atomic E-state index is 0.120. The maximum absolute atomic E-state index is 12.7. The number of hydrogen-bond donors (Lipinski definition) is 0. The van der Waals surface area contributed by atoms with Crippen molar-refractivity contribution < 1.29 is 22.4 Å². The van der Waals surface area contributed by atoms with E-state index >= 15 is 0 Å². The van der Waals surface area contributed by atoms with Crippen LogP contribution < -0.4 is 10.2 Å². The molecule has 0 spiro atoms. The smallest absolute Gasteiger partial charge is 0.343 e. The zero-order valence-electron chi connectivity index (χ0n) is 18.0. The van der Waals surface area contributed by atoms with E-state index in [9.17, 15) is 18.0 Å². The zero-order valence-corrected chi connectivity index (χ0v) is 19.6. The van der Waals surface area contributed by atoms with Crippen LogP contribution in [0.3, 0.4) is 0 Å². The molecule has 0 aliphatic carbocycles. The van der Waals surface area contributed by atoms with Gasteiger partial charge in [-0.05, 0) is 37.1 Å². The second-order valence-electron chi connectivity index (χ2n) is 7.56. The molecule has 1 aliphatic heterocycles. The minimum atomic E-state index is -3.59. The number of imidazole rings is 1. The van der Waals surface area contributed by atoms with Gasteiger partial charge in [0.25, 0.3) is 0 Å². The molecule has 9 nitrogen and oxygen atoms in total. The molecule has 1 aromatic carbocycles. The van der Waals surface area contributed by atoms with E-state index in [1.54, 1.807) is 6.20 Å². The van der Waals surface area contributed by atoms with Crippen molar-refractivity contribution in [1.29, 1.82) is 0 Å². The summed E-state index contributed by atoms with van der Waals surface area (Å²) in [6.07, 6.45) is 7.30. The number of hydrogen-bond acceptors (Lipinski definition) is 8. The van der Waals surface area contributed by atoms with Gasteiger partial charge in [0.2, 0.25) is 21.2 Å². The lowest BCUT2D eigenvalue weighted by Crippen LogP contribution is -2.35. The van der Waals surface area contributed by atoms with Gasteiger partial charge in [-0.1, -0.05) is 18.2 Å². The summed E-state index contributed by atoms with van der Waals surface area (Å²) >= 11 is 1.40. The highest BCUT2D eigenvalue weighted by Crippen LogP contribution is 2.22. The SMILES string of the molecule is Cn1ccnc1SCc1cc(=O)c(OC(=O)c2ccc(S(=O)(=O)N3CCCCC3)cc2)co1. The van der Waals surface area contributed by atoms with Gasteiger partial charge >= 0.3 is 5.97 Å². The van der Waals surface area contributed by atoms with Gasteiger partial charge in [0.05, 0.1) is 16.2 Å². The van der Waals surface area contributed by atoms with Crippen molar-refractivity contribution in [3.05, 3.63) is 70.5 Å². The lowest BCUT2D eigenvalue weighted by molar-refractivity contribution is 0.0728. The molecule has 3 heterocycles. The summed E-state index contributed by atoms with van der Waals surface area (Å²) in [5.74, 6) is -0.212. The lowest BCUT2D eigenvalue weighted by Gasteiger charge is -2.25. The summed E-state index contributed by atoms with van der Waals surface area (Å²) in [5, 5.41) is 0.777. The van der Waals surface area contributed by atoms with Crippen LogP contribution in [-0.4, -0.2) is 41.3 Å². The molecule has 0 N–H and O–H groups in total. The molecule has 1 aliphatic rings. The third-order valence-corrected chi connectivity index (χ3v) is 8.21. The molecule has 0 atom stereocenters. The highest BCUT2D eigenvalue weighted by atomic mass is 32.2. The summed E-state index contributed by atoms with van der Waals surface area (Å²) in [4.78, 5) is 29.1. The predicted octanol–water partition coefficient (Wildman–Crippen LogP) is 3.06. The molecule has 4 rings (SSSR count). The topological polar surface area (TPSA) is 112 Å². The Bertz CT molecular complexity index is 1290. The molecule has 0 saturated carbocycles. The number of carbonyl (C=O) groups excluding carboxylic acids is 1. The van der Waals surface area contributed by atoms with Gasteiger partial charge in [-0.3, -0.25) is 4.79 Å². The number of piperidine rings is 1. The third kappa shape index (κ3) is 5.37. The molecule has 0 amide bonds. The average Bonchev–Trinajstić information content (AvgIpc) is 3.24. The summed E-state index contributed by atoms with van der Waals surface area (Å²) in [6.45, 7) is 0.996. The predicted molar refractivity (Wildman–Crippen MR) is 122 cm³/mol. The number of nitrogens with zero attached hydrogens (tertiary/aromatic N) is 3. The lowest BCUT2D eigenvalue weighted by atomic mass is 10.2. The van der Waals surface area contributed by atoms with Gasteiger partial charge in [0, 0.05) is 38.6 Å². The minimum Gasteiger partial charge on any atom is -0.464 e. The first-order valence-corrected chi connectivity index (χ1v) is 12.8. The molecule has 1 saturated heterocycles. The van der Waals surface area contributed by atoms with Crippen molar-refractivity contribution in [3.63, 3.8) is 0 Å². The number of benzene rings is 1. The molecule has 11 heteroatoms. The largest absolute Gasteiger partial charge is 0.464 e. The van der Waals surface area contributed by atoms with Crippen LogP contribution in [0.2, 0.25) is 0 Å². The zero-order chi connectivity index (χ0) is 23.4. The number of thioether (sulfide) groups is 1. The van der Waals surface area contributed by atoms with Crippen molar-refractivity contribution in [3.8, 4) is 5.75 Å². The van der Waals surface area contributed by atoms with Crippen molar-refractivity contribution in [2.24, 2.45) is 7.05 Å². The van der Waals surface area contributed by atoms with Crippen LogP contribution in [0.25, 0.3) is 0 Å². The van der Waals surface area contributed by atoms with Crippen molar-refractivity contribution in [2.75, 3.05) is 13.1 Å². The number of aryl methyl sites for hydroxylation is 1. The molecule has 33 heavy (non-hydrogen) atoms. The van der Waals surface area contributed by atoms with Crippen molar-refractivity contribution >= 4 is 27.8 Å². The van der Waals surface area contributed by atoms with Gasteiger partial charge < -0.3 is 13.7 Å². The van der Waals surface area contributed by atoms with Crippen LogP contribution in [0.5, 0.6) is 5.75 Å². The van der Waals surface area contributed by atoms with Gasteiger partial charge in [0.1, 0.15) is 12.0 Å². The number of carbonyl (C=O) groups is 1. The molecule has 0 radical (unpaired) electrons. The van der Waals surface area contributed by atoms with E-state index in [0.29, 0.717) is 24.6 Å². The Morgan fingerprint density at radius 3 is 2.55 bits per heavy atom. The van der Waals surface area contributed by atoms with E-state index in [4.69, 9.17) is 9.15 Å². The van der Waals surface area contributed by atoms with E-state index in [0.717, 1.165) is 30.7 Å². The monoisotopic (exact) mass is 489 g/mol. The van der Waals surface area contributed by atoms with Gasteiger partial charge in [-0.2, -0.15) is 4.31 Å². The summed E-state index contributed by atoms with van der Waals surface area (Å²) in [6, 6.07) is 6.77. The van der Waals surface area contributed by atoms with Crippen LogP contribution in [0.4, 0.5) is 0 Å². The van der Waals surface area contributed by atoms with E-state index < -0.39 is 21.4 Å². The average molecular weight is 490 g/mol. The molecular weight excluding hydrogens is 466 g/mol. The standard InChI is InChI=1S/C22H23N3O6S2/c1-24-12-9-23-22(24)32-15-17-13-19(26)20(14-30-17)31-21(27)16-5-7-18(8-6-16)33(28,29)25-10-3-2-4-11-25/h5-9,12-14H,2-4,10-11,15H2,1H3. The normalized spacial score (nSPS) is 14.8. The molecule has 0 bridgehead atoms. The second-order valence-corrected chi connectivity index (χ2v) is 10.4. The maximum Gasteiger partial charge on any atom is 0.343 e. The fourth-order valence-corrected chi connectivity index (χ4v) is 5.73. The van der Waals surface area contributed by atoms with Crippen LogP contribution in [0, 0.1) is 0 Å². The van der Waals surface area contributed by atoms with Crippen molar-refractivity contribution in [1.82, 2.24) is 13.9 Å². The molecular formula is C22H23N3O6S2. The Morgan fingerprint density at radius 2 is 1.91 bits per heavy atom. The number of rotatable bonds is 7. The number of esters is 1.